The second-order valence-corrected chi connectivity index (χ2v) is 11.0. The molecule has 0 aliphatic carbocycles. The number of para-hydroxylation sites is 3. The molecule has 0 saturated carbocycles. The molecule has 3 nitrogen and oxygen atoms in total. The Hall–Kier alpha value is -4.93. The third-order valence-corrected chi connectivity index (χ3v) is 9.23. The Balaban J connectivity index is 1.47. The minimum atomic E-state index is 0.942. The van der Waals surface area contributed by atoms with Crippen LogP contribution in [0.25, 0.3) is 75.3 Å². The van der Waals surface area contributed by atoms with Gasteiger partial charge in [0.15, 0.2) is 0 Å². The van der Waals surface area contributed by atoms with E-state index in [1.165, 1.54) is 69.5 Å². The molecule has 0 N–H and O–H groups in total. The second kappa shape index (κ2) is 7.79. The van der Waals surface area contributed by atoms with E-state index in [1.807, 2.05) is 23.6 Å². The maximum atomic E-state index is 4.71. The van der Waals surface area contributed by atoms with Gasteiger partial charge in [0.1, 0.15) is 5.82 Å². The molecule has 0 bridgehead atoms. The molecular weight excluding hydrogens is 494 g/mol. The van der Waals surface area contributed by atoms with Crippen LogP contribution in [0.1, 0.15) is 0 Å². The van der Waals surface area contributed by atoms with Crippen molar-refractivity contribution in [3.63, 3.8) is 0 Å². The summed E-state index contributed by atoms with van der Waals surface area (Å²) in [6.07, 6.45) is 1.87. The summed E-state index contributed by atoms with van der Waals surface area (Å²) in [5, 5.41) is 7.81. The fourth-order valence-electron chi connectivity index (χ4n) is 6.38. The molecule has 0 amide bonds. The molecule has 182 valence electrons. The predicted octanol–water partition coefficient (Wildman–Crippen LogP) is 9.64. The van der Waals surface area contributed by atoms with Crippen LogP contribution in [0.3, 0.4) is 0 Å². The standard InChI is InChI=1S/C35H21N3S/c1-2-10-22(11-3-1)37-27-14-6-4-12-25(27)32-29(37)19-17-23-24-18-20-30-33(35(24)39-34(23)32)26-13-5-7-15-28(26)38(30)31-16-8-9-21-36-31/h1-21H. The molecular formula is C35H21N3S. The largest absolute Gasteiger partial charge is 0.309 e. The maximum absolute atomic E-state index is 4.71. The van der Waals surface area contributed by atoms with Crippen LogP contribution in [-0.4, -0.2) is 14.1 Å². The van der Waals surface area contributed by atoms with Gasteiger partial charge in [-0.25, -0.2) is 4.98 Å². The zero-order valence-corrected chi connectivity index (χ0v) is 21.7. The minimum absolute atomic E-state index is 0.942. The smallest absolute Gasteiger partial charge is 0.137 e. The Labute approximate surface area is 227 Å². The lowest BCUT2D eigenvalue weighted by Crippen LogP contribution is -1.95. The first-order valence-corrected chi connectivity index (χ1v) is 14.0. The molecule has 0 unspecified atom stereocenters. The Morgan fingerprint density at radius 3 is 1.64 bits per heavy atom. The number of nitrogens with zero attached hydrogens (tertiary/aromatic N) is 3. The van der Waals surface area contributed by atoms with Gasteiger partial charge in [-0.05, 0) is 48.5 Å². The van der Waals surface area contributed by atoms with Crippen molar-refractivity contribution < 1.29 is 0 Å². The van der Waals surface area contributed by atoms with Gasteiger partial charge < -0.3 is 4.57 Å². The number of benzene rings is 5. The Morgan fingerprint density at radius 1 is 0.436 bits per heavy atom. The molecule has 4 aromatic heterocycles. The van der Waals surface area contributed by atoms with Gasteiger partial charge in [-0.1, -0.05) is 72.8 Å². The lowest BCUT2D eigenvalue weighted by molar-refractivity contribution is 1.08. The second-order valence-electron chi connectivity index (χ2n) is 10.0. The Kier molecular flexibility index (Phi) is 4.21. The van der Waals surface area contributed by atoms with Crippen LogP contribution in [0, 0.1) is 0 Å². The first-order valence-electron chi connectivity index (χ1n) is 13.2. The van der Waals surface area contributed by atoms with Crippen LogP contribution in [0.2, 0.25) is 0 Å². The summed E-state index contributed by atoms with van der Waals surface area (Å²) in [4.78, 5) is 4.71. The average Bonchev–Trinajstić information content (AvgIpc) is 3.65. The van der Waals surface area contributed by atoms with Crippen LogP contribution in [0.15, 0.2) is 128 Å². The monoisotopic (exact) mass is 515 g/mol. The van der Waals surface area contributed by atoms with Gasteiger partial charge in [-0.15, -0.1) is 11.3 Å². The van der Waals surface area contributed by atoms with Crippen molar-refractivity contribution in [2.24, 2.45) is 0 Å². The van der Waals surface area contributed by atoms with Gasteiger partial charge in [0, 0.05) is 53.6 Å². The normalized spacial score (nSPS) is 12.1. The number of thiophene rings is 1. The van der Waals surface area contributed by atoms with E-state index < -0.39 is 0 Å². The van der Waals surface area contributed by atoms with Gasteiger partial charge in [-0.3, -0.25) is 4.57 Å². The van der Waals surface area contributed by atoms with E-state index in [9.17, 15) is 0 Å². The van der Waals surface area contributed by atoms with Crippen molar-refractivity contribution >= 4 is 75.1 Å². The molecule has 4 heteroatoms. The first kappa shape index (κ1) is 21.1. The van der Waals surface area contributed by atoms with Crippen molar-refractivity contribution in [1.29, 1.82) is 0 Å². The highest BCUT2D eigenvalue weighted by molar-refractivity contribution is 7.27. The van der Waals surface area contributed by atoms with Crippen LogP contribution in [-0.2, 0) is 0 Å². The lowest BCUT2D eigenvalue weighted by Gasteiger charge is -2.07. The highest BCUT2D eigenvalue weighted by Crippen LogP contribution is 2.47. The van der Waals surface area contributed by atoms with Crippen molar-refractivity contribution in [3.05, 3.63) is 128 Å². The summed E-state index contributed by atoms with van der Waals surface area (Å²) >= 11 is 1.92. The van der Waals surface area contributed by atoms with E-state index in [2.05, 4.69) is 124 Å². The van der Waals surface area contributed by atoms with E-state index in [0.717, 1.165) is 5.82 Å². The van der Waals surface area contributed by atoms with E-state index in [1.54, 1.807) is 0 Å². The van der Waals surface area contributed by atoms with E-state index in [-0.39, 0.29) is 0 Å². The van der Waals surface area contributed by atoms with Crippen molar-refractivity contribution in [1.82, 2.24) is 14.1 Å². The average molecular weight is 516 g/mol. The van der Waals surface area contributed by atoms with E-state index in [4.69, 9.17) is 4.98 Å². The number of pyridine rings is 1. The molecule has 0 fully saturated rings. The highest BCUT2D eigenvalue weighted by atomic mass is 32.1. The molecule has 9 rings (SSSR count). The number of aromatic nitrogens is 3. The minimum Gasteiger partial charge on any atom is -0.309 e. The Bertz CT molecular complexity index is 2210. The maximum Gasteiger partial charge on any atom is 0.137 e. The molecule has 0 spiro atoms. The van der Waals surface area contributed by atoms with Gasteiger partial charge in [0.05, 0.1) is 22.1 Å². The highest BCUT2D eigenvalue weighted by Gasteiger charge is 2.21. The number of hydrogen-bond donors (Lipinski definition) is 0. The van der Waals surface area contributed by atoms with E-state index >= 15 is 0 Å². The predicted molar refractivity (Wildman–Crippen MR) is 166 cm³/mol. The zero-order valence-electron chi connectivity index (χ0n) is 20.9. The summed E-state index contributed by atoms with van der Waals surface area (Å²) in [6, 6.07) is 43.5. The summed E-state index contributed by atoms with van der Waals surface area (Å²) in [7, 11) is 0. The number of hydrogen-bond acceptors (Lipinski definition) is 2. The van der Waals surface area contributed by atoms with Crippen molar-refractivity contribution in [3.8, 4) is 11.5 Å². The molecule has 5 aromatic carbocycles. The topological polar surface area (TPSA) is 22.8 Å². The molecule has 0 saturated heterocycles. The lowest BCUT2D eigenvalue weighted by atomic mass is 10.1. The Morgan fingerprint density at radius 2 is 1.00 bits per heavy atom. The van der Waals surface area contributed by atoms with E-state index in [0.29, 0.717) is 0 Å². The van der Waals surface area contributed by atoms with Gasteiger partial charge in [0.25, 0.3) is 0 Å². The molecule has 0 aliphatic rings. The van der Waals surface area contributed by atoms with Gasteiger partial charge >= 0.3 is 0 Å². The fraction of sp³-hybridized carbons (Fsp3) is 0. The van der Waals surface area contributed by atoms with Crippen LogP contribution in [0.5, 0.6) is 0 Å². The van der Waals surface area contributed by atoms with Gasteiger partial charge in [-0.2, -0.15) is 0 Å². The number of rotatable bonds is 2. The molecule has 0 radical (unpaired) electrons. The van der Waals surface area contributed by atoms with Crippen LogP contribution in [0.4, 0.5) is 0 Å². The van der Waals surface area contributed by atoms with Gasteiger partial charge in [0.2, 0.25) is 0 Å². The molecule has 0 atom stereocenters. The van der Waals surface area contributed by atoms with Crippen LogP contribution >= 0.6 is 11.3 Å². The molecule has 4 heterocycles. The molecule has 9 aromatic rings. The molecule has 39 heavy (non-hydrogen) atoms. The first-order chi connectivity index (χ1) is 19.4. The SMILES string of the molecule is c1ccc(-n2c3ccccc3c3c4sc5c(ccc6c5c5ccccc5n6-c5ccccn5)c4ccc32)cc1. The van der Waals surface area contributed by atoms with Crippen molar-refractivity contribution in [2.75, 3.05) is 0 Å². The number of fused-ring (bicyclic) bond motifs is 11. The summed E-state index contributed by atoms with van der Waals surface area (Å²) in [6.45, 7) is 0. The van der Waals surface area contributed by atoms with Crippen molar-refractivity contribution in [2.45, 2.75) is 0 Å². The fourth-order valence-corrected chi connectivity index (χ4v) is 7.80. The summed E-state index contributed by atoms with van der Waals surface area (Å²) in [5.74, 6) is 0.942. The van der Waals surface area contributed by atoms with Crippen LogP contribution < -0.4 is 0 Å². The summed E-state index contributed by atoms with van der Waals surface area (Å²) < 4.78 is 7.37. The third kappa shape index (κ3) is 2.78. The quantitative estimate of drug-likeness (QED) is 0.225. The molecule has 0 aliphatic heterocycles. The third-order valence-electron chi connectivity index (χ3n) is 7.97. The summed E-state index contributed by atoms with van der Waals surface area (Å²) in [5.41, 5.74) is 6.04. The zero-order chi connectivity index (χ0) is 25.5.